The molecule has 6 nitrogen and oxygen atoms in total. The minimum atomic E-state index is -5.13. The van der Waals surface area contributed by atoms with Crippen LogP contribution in [0.1, 0.15) is 5.56 Å². The number of rotatable bonds is 6. The molecule has 0 fully saturated rings. The van der Waals surface area contributed by atoms with Gasteiger partial charge in [0, 0.05) is 11.8 Å². The van der Waals surface area contributed by atoms with Crippen molar-refractivity contribution in [2.75, 3.05) is 0 Å². The first kappa shape index (κ1) is 18.6. The smallest absolute Gasteiger partial charge is 0.488 e. The van der Waals surface area contributed by atoms with Gasteiger partial charge in [0.05, 0.1) is 11.3 Å². The highest BCUT2D eigenvalue weighted by molar-refractivity contribution is 7.81. The van der Waals surface area contributed by atoms with Crippen molar-refractivity contribution in [3.63, 3.8) is 0 Å². The number of hydrogen-bond donors (Lipinski definition) is 0. The summed E-state index contributed by atoms with van der Waals surface area (Å²) in [6, 6.07) is 10.2. The molecule has 1 heterocycles. The summed E-state index contributed by atoms with van der Waals surface area (Å²) >= 11 is 0. The van der Waals surface area contributed by atoms with Gasteiger partial charge in [0.15, 0.2) is 0 Å². The molecule has 0 bridgehead atoms. The zero-order valence-electron chi connectivity index (χ0n) is 13.5. The van der Waals surface area contributed by atoms with Crippen LogP contribution in [0.3, 0.4) is 0 Å². The van der Waals surface area contributed by atoms with Crippen molar-refractivity contribution in [3.05, 3.63) is 71.9 Å². The van der Waals surface area contributed by atoms with Crippen LogP contribution in [0.4, 0.5) is 12.7 Å². The van der Waals surface area contributed by atoms with Crippen molar-refractivity contribution in [3.8, 4) is 22.8 Å². The number of hydrogen-bond acceptors (Lipinski definition) is 6. The average molecular weight is 396 g/mol. The van der Waals surface area contributed by atoms with E-state index in [1.165, 1.54) is 18.3 Å². The molecule has 0 aliphatic carbocycles. The first-order chi connectivity index (χ1) is 12.8. The summed E-state index contributed by atoms with van der Waals surface area (Å²) in [4.78, 5) is 0. The highest BCUT2D eigenvalue weighted by Crippen LogP contribution is 2.25. The molecule has 140 valence electrons. The molecule has 3 rings (SSSR count). The molecule has 2 aromatic carbocycles. The average Bonchev–Trinajstić information content (AvgIpc) is 2.62. The lowest BCUT2D eigenvalue weighted by Gasteiger charge is -2.10. The second-order valence-corrected chi connectivity index (χ2v) is 6.22. The van der Waals surface area contributed by atoms with Crippen LogP contribution in [0.15, 0.2) is 54.7 Å². The fourth-order valence-electron chi connectivity index (χ4n) is 2.21. The van der Waals surface area contributed by atoms with Crippen LogP contribution in [0, 0.1) is 11.6 Å². The van der Waals surface area contributed by atoms with E-state index < -0.39 is 28.7 Å². The molecule has 0 spiro atoms. The van der Waals surface area contributed by atoms with Crippen LogP contribution in [-0.4, -0.2) is 18.6 Å². The molecule has 10 heteroatoms. The van der Waals surface area contributed by atoms with E-state index in [1.54, 1.807) is 12.1 Å². The van der Waals surface area contributed by atoms with Crippen LogP contribution in [0.25, 0.3) is 11.3 Å². The topological polar surface area (TPSA) is 78.4 Å². The Balaban J connectivity index is 1.73. The van der Waals surface area contributed by atoms with E-state index in [9.17, 15) is 21.1 Å². The summed E-state index contributed by atoms with van der Waals surface area (Å²) in [5.74, 6) is -1.73. The lowest BCUT2D eigenvalue weighted by Crippen LogP contribution is -2.04. The molecule has 0 radical (unpaired) electrons. The van der Waals surface area contributed by atoms with Crippen LogP contribution in [-0.2, 0) is 17.1 Å². The van der Waals surface area contributed by atoms with Gasteiger partial charge in [-0.25, -0.2) is 8.78 Å². The minimum Gasteiger partial charge on any atom is -0.489 e. The SMILES string of the molecule is O=S(=O)(F)Oc1ccc(OCc2c(F)cc(-c3cccnn3)cc2F)cc1. The second-order valence-electron chi connectivity index (χ2n) is 5.26. The Labute approximate surface area is 152 Å². The molecule has 27 heavy (non-hydrogen) atoms. The normalized spacial score (nSPS) is 11.2. The van der Waals surface area contributed by atoms with Gasteiger partial charge in [0.1, 0.15) is 29.7 Å². The molecular weight excluding hydrogens is 385 g/mol. The van der Waals surface area contributed by atoms with Gasteiger partial charge in [-0.15, -0.1) is 0 Å². The maximum absolute atomic E-state index is 14.3. The van der Waals surface area contributed by atoms with E-state index >= 15 is 0 Å². The van der Waals surface area contributed by atoms with E-state index in [1.807, 2.05) is 0 Å². The first-order valence-corrected chi connectivity index (χ1v) is 8.75. The Kier molecular flexibility index (Phi) is 5.26. The van der Waals surface area contributed by atoms with E-state index in [-0.39, 0.29) is 22.6 Å². The molecule has 0 aliphatic heterocycles. The molecular formula is C17H11F3N2O4S. The number of ether oxygens (including phenoxy) is 1. The molecule has 1 aromatic heterocycles. The number of benzene rings is 2. The van der Waals surface area contributed by atoms with Gasteiger partial charge < -0.3 is 8.92 Å². The van der Waals surface area contributed by atoms with E-state index in [2.05, 4.69) is 14.4 Å². The van der Waals surface area contributed by atoms with Crippen molar-refractivity contribution in [2.24, 2.45) is 0 Å². The third kappa shape index (κ3) is 4.94. The molecule has 0 atom stereocenters. The summed E-state index contributed by atoms with van der Waals surface area (Å²) in [6.07, 6.45) is 1.44. The van der Waals surface area contributed by atoms with Gasteiger partial charge in [0.25, 0.3) is 0 Å². The van der Waals surface area contributed by atoms with Gasteiger partial charge in [-0.3, -0.25) is 0 Å². The van der Waals surface area contributed by atoms with E-state index in [4.69, 9.17) is 4.74 Å². The van der Waals surface area contributed by atoms with Crippen molar-refractivity contribution in [1.82, 2.24) is 10.2 Å². The third-order valence-corrected chi connectivity index (χ3v) is 3.80. The van der Waals surface area contributed by atoms with Crippen LogP contribution in [0.2, 0.25) is 0 Å². The van der Waals surface area contributed by atoms with Crippen molar-refractivity contribution >= 4 is 10.5 Å². The maximum atomic E-state index is 14.3. The number of nitrogens with zero attached hydrogens (tertiary/aromatic N) is 2. The summed E-state index contributed by atoms with van der Waals surface area (Å²) in [5, 5.41) is 7.45. The Morgan fingerprint density at radius 2 is 1.59 bits per heavy atom. The molecule has 0 amide bonds. The van der Waals surface area contributed by atoms with Gasteiger partial charge in [0.2, 0.25) is 0 Å². The van der Waals surface area contributed by atoms with Crippen molar-refractivity contribution in [2.45, 2.75) is 6.61 Å². The summed E-state index contributed by atoms with van der Waals surface area (Å²) in [5.41, 5.74) is 0.256. The lowest BCUT2D eigenvalue weighted by atomic mass is 10.1. The van der Waals surface area contributed by atoms with Crippen LogP contribution in [0.5, 0.6) is 11.5 Å². The molecule has 0 unspecified atom stereocenters. The van der Waals surface area contributed by atoms with Crippen LogP contribution < -0.4 is 8.92 Å². The highest BCUT2D eigenvalue weighted by atomic mass is 32.3. The van der Waals surface area contributed by atoms with Crippen molar-refractivity contribution in [1.29, 1.82) is 0 Å². The predicted molar refractivity (Wildman–Crippen MR) is 88.8 cm³/mol. The quantitative estimate of drug-likeness (QED) is 0.593. The third-order valence-electron chi connectivity index (χ3n) is 3.41. The Morgan fingerprint density at radius 3 is 2.15 bits per heavy atom. The van der Waals surface area contributed by atoms with E-state index in [0.717, 1.165) is 24.3 Å². The summed E-state index contributed by atoms with van der Waals surface area (Å²) < 4.78 is 71.0. The molecule has 0 N–H and O–H groups in total. The zero-order valence-corrected chi connectivity index (χ0v) is 14.3. The Bertz CT molecular complexity index is 1020. The van der Waals surface area contributed by atoms with Gasteiger partial charge in [-0.1, -0.05) is 3.89 Å². The Morgan fingerprint density at radius 1 is 0.963 bits per heavy atom. The largest absolute Gasteiger partial charge is 0.489 e. The Hall–Kier alpha value is -3.14. The molecule has 0 saturated heterocycles. The fraction of sp³-hybridized carbons (Fsp3) is 0.0588. The number of halogens is 3. The fourth-order valence-corrected chi connectivity index (χ4v) is 2.55. The maximum Gasteiger partial charge on any atom is 0.488 e. The van der Waals surface area contributed by atoms with Gasteiger partial charge in [-0.2, -0.15) is 18.6 Å². The van der Waals surface area contributed by atoms with Crippen LogP contribution >= 0.6 is 0 Å². The highest BCUT2D eigenvalue weighted by Gasteiger charge is 2.14. The zero-order chi connectivity index (χ0) is 19.4. The molecule has 0 aliphatic rings. The van der Waals surface area contributed by atoms with Crippen molar-refractivity contribution < 1.29 is 30.0 Å². The molecule has 0 saturated carbocycles. The second kappa shape index (κ2) is 7.62. The van der Waals surface area contributed by atoms with E-state index in [0.29, 0.717) is 5.69 Å². The van der Waals surface area contributed by atoms with Gasteiger partial charge in [-0.05, 0) is 48.5 Å². The molecule has 3 aromatic rings. The first-order valence-electron chi connectivity index (χ1n) is 7.45. The predicted octanol–water partition coefficient (Wildman–Crippen LogP) is 3.59. The standard InChI is InChI=1S/C17H11F3N2O4S/c18-15-8-11(17-2-1-7-21-22-17)9-16(19)14(15)10-25-12-3-5-13(6-4-12)26-27(20,23)24/h1-9H,10H2. The summed E-state index contributed by atoms with van der Waals surface area (Å²) in [7, 11) is -5.13. The lowest BCUT2D eigenvalue weighted by molar-refractivity contribution is 0.292. The summed E-state index contributed by atoms with van der Waals surface area (Å²) in [6.45, 7) is -0.417. The monoisotopic (exact) mass is 396 g/mol. The van der Waals surface area contributed by atoms with Gasteiger partial charge >= 0.3 is 10.5 Å². The number of aromatic nitrogens is 2. The minimum absolute atomic E-state index is 0.176.